The van der Waals surface area contributed by atoms with Gasteiger partial charge in [0.05, 0.1) is 25.9 Å². The number of nitrogens with one attached hydrogen (secondary N) is 1. The van der Waals surface area contributed by atoms with E-state index in [0.717, 1.165) is 6.42 Å². The molecular weight excluding hydrogens is 198 g/mol. The van der Waals surface area contributed by atoms with Crippen LogP contribution in [0.3, 0.4) is 0 Å². The van der Waals surface area contributed by atoms with Crippen LogP contribution in [0.15, 0.2) is 0 Å². The van der Waals surface area contributed by atoms with E-state index in [-0.39, 0.29) is 18.6 Å². The molecule has 1 unspecified atom stereocenters. The molecular formula is C10H21NO4. The monoisotopic (exact) mass is 219 g/mol. The summed E-state index contributed by atoms with van der Waals surface area (Å²) < 4.78 is 10.0. The highest BCUT2D eigenvalue weighted by atomic mass is 16.5. The van der Waals surface area contributed by atoms with E-state index in [0.29, 0.717) is 26.2 Å². The van der Waals surface area contributed by atoms with Crippen LogP contribution in [0.2, 0.25) is 0 Å². The van der Waals surface area contributed by atoms with Crippen LogP contribution in [0.25, 0.3) is 0 Å². The minimum absolute atomic E-state index is 0.00602. The minimum Gasteiger partial charge on any atom is -0.394 e. The van der Waals surface area contributed by atoms with Gasteiger partial charge in [0.25, 0.3) is 0 Å². The van der Waals surface area contributed by atoms with Crippen molar-refractivity contribution in [2.75, 3.05) is 33.5 Å². The lowest BCUT2D eigenvalue weighted by molar-refractivity contribution is -0.121. The summed E-state index contributed by atoms with van der Waals surface area (Å²) in [7, 11) is 1.63. The van der Waals surface area contributed by atoms with Gasteiger partial charge in [-0.3, -0.25) is 4.79 Å². The lowest BCUT2D eigenvalue weighted by Gasteiger charge is -2.09. The van der Waals surface area contributed by atoms with Crippen molar-refractivity contribution in [1.82, 2.24) is 5.32 Å². The Balaban J connectivity index is 3.26. The van der Waals surface area contributed by atoms with Gasteiger partial charge in [-0.1, -0.05) is 0 Å². The summed E-state index contributed by atoms with van der Waals surface area (Å²) >= 11 is 0. The summed E-state index contributed by atoms with van der Waals surface area (Å²) in [5.41, 5.74) is 0. The largest absolute Gasteiger partial charge is 0.394 e. The van der Waals surface area contributed by atoms with Crippen molar-refractivity contribution in [1.29, 1.82) is 0 Å². The van der Waals surface area contributed by atoms with Crippen molar-refractivity contribution in [2.45, 2.75) is 25.9 Å². The summed E-state index contributed by atoms with van der Waals surface area (Å²) in [5.74, 6) is 0.00602. The van der Waals surface area contributed by atoms with Crippen molar-refractivity contribution < 1.29 is 19.4 Å². The first-order valence-corrected chi connectivity index (χ1v) is 5.18. The Labute approximate surface area is 90.8 Å². The van der Waals surface area contributed by atoms with Crippen molar-refractivity contribution in [2.24, 2.45) is 0 Å². The van der Waals surface area contributed by atoms with Gasteiger partial charge in [-0.05, 0) is 13.3 Å². The molecule has 0 aliphatic heterocycles. The molecule has 0 rings (SSSR count). The lowest BCUT2D eigenvalue weighted by atomic mass is 10.2. The van der Waals surface area contributed by atoms with Crippen molar-refractivity contribution in [3.05, 3.63) is 0 Å². The molecule has 0 heterocycles. The number of hydrogen-bond donors (Lipinski definition) is 2. The Bertz CT molecular complexity index is 164. The molecule has 0 aromatic carbocycles. The first-order chi connectivity index (χ1) is 7.20. The Morgan fingerprint density at radius 3 is 2.80 bits per heavy atom. The molecule has 0 radical (unpaired) electrons. The van der Waals surface area contributed by atoms with Crippen LogP contribution in [0.5, 0.6) is 0 Å². The fraction of sp³-hybridized carbons (Fsp3) is 0.900. The fourth-order valence-electron chi connectivity index (χ4n) is 0.970. The van der Waals surface area contributed by atoms with Gasteiger partial charge < -0.3 is 19.9 Å². The minimum atomic E-state index is 0.00602. The number of hydrogen-bond acceptors (Lipinski definition) is 4. The molecule has 0 spiro atoms. The van der Waals surface area contributed by atoms with E-state index in [1.807, 2.05) is 6.92 Å². The van der Waals surface area contributed by atoms with Crippen LogP contribution in [-0.2, 0) is 14.3 Å². The van der Waals surface area contributed by atoms with Crippen LogP contribution in [0, 0.1) is 0 Å². The summed E-state index contributed by atoms with van der Waals surface area (Å²) in [6.45, 7) is 3.18. The highest BCUT2D eigenvalue weighted by molar-refractivity contribution is 5.75. The Morgan fingerprint density at radius 2 is 2.20 bits per heavy atom. The van der Waals surface area contributed by atoms with E-state index in [1.54, 1.807) is 7.11 Å². The van der Waals surface area contributed by atoms with Crippen LogP contribution < -0.4 is 5.32 Å². The molecule has 0 aliphatic carbocycles. The second-order valence-electron chi connectivity index (χ2n) is 3.27. The predicted octanol–water partition coefficient (Wildman–Crippen LogP) is -0.0734. The second-order valence-corrected chi connectivity index (χ2v) is 3.27. The molecule has 2 N–H and O–H groups in total. The van der Waals surface area contributed by atoms with E-state index in [9.17, 15) is 4.79 Å². The SMILES string of the molecule is COC(C)CCC(=O)NCCOCCO. The topological polar surface area (TPSA) is 67.8 Å². The molecule has 0 fully saturated rings. The van der Waals surface area contributed by atoms with Gasteiger partial charge >= 0.3 is 0 Å². The first-order valence-electron chi connectivity index (χ1n) is 5.18. The maximum atomic E-state index is 11.2. The van der Waals surface area contributed by atoms with Crippen LogP contribution >= 0.6 is 0 Å². The van der Waals surface area contributed by atoms with Crippen molar-refractivity contribution in [3.8, 4) is 0 Å². The molecule has 0 aromatic heterocycles. The molecule has 5 heteroatoms. The van der Waals surface area contributed by atoms with E-state index in [4.69, 9.17) is 14.6 Å². The number of ether oxygens (including phenoxy) is 2. The van der Waals surface area contributed by atoms with E-state index in [1.165, 1.54) is 0 Å². The average molecular weight is 219 g/mol. The van der Waals surface area contributed by atoms with Gasteiger partial charge in [0.1, 0.15) is 0 Å². The van der Waals surface area contributed by atoms with Gasteiger partial charge in [0.2, 0.25) is 5.91 Å². The standard InChI is InChI=1S/C10H21NO4/c1-9(14-2)3-4-10(13)11-5-7-15-8-6-12/h9,12H,3-8H2,1-2H3,(H,11,13). The fourth-order valence-corrected chi connectivity index (χ4v) is 0.970. The first kappa shape index (κ1) is 14.3. The average Bonchev–Trinajstić information content (AvgIpc) is 2.25. The van der Waals surface area contributed by atoms with Crippen molar-refractivity contribution >= 4 is 5.91 Å². The van der Waals surface area contributed by atoms with Gasteiger partial charge in [0, 0.05) is 20.1 Å². The number of rotatable bonds is 9. The highest BCUT2D eigenvalue weighted by Gasteiger charge is 2.04. The van der Waals surface area contributed by atoms with Crippen LogP contribution in [0.1, 0.15) is 19.8 Å². The van der Waals surface area contributed by atoms with Crippen molar-refractivity contribution in [3.63, 3.8) is 0 Å². The summed E-state index contributed by atoms with van der Waals surface area (Å²) in [6, 6.07) is 0. The maximum absolute atomic E-state index is 11.2. The lowest BCUT2D eigenvalue weighted by Crippen LogP contribution is -2.28. The number of carbonyl (C=O) groups excluding carboxylic acids is 1. The number of carbonyl (C=O) groups is 1. The zero-order valence-corrected chi connectivity index (χ0v) is 9.49. The molecule has 1 atom stereocenters. The van der Waals surface area contributed by atoms with Gasteiger partial charge in [-0.25, -0.2) is 0 Å². The quantitative estimate of drug-likeness (QED) is 0.533. The summed E-state index contributed by atoms with van der Waals surface area (Å²) in [5, 5.41) is 11.1. The summed E-state index contributed by atoms with van der Waals surface area (Å²) in [6.07, 6.45) is 1.30. The number of aliphatic hydroxyl groups is 1. The molecule has 90 valence electrons. The molecule has 5 nitrogen and oxygen atoms in total. The number of aliphatic hydroxyl groups excluding tert-OH is 1. The highest BCUT2D eigenvalue weighted by Crippen LogP contribution is 1.99. The zero-order chi connectivity index (χ0) is 11.5. The van der Waals surface area contributed by atoms with Gasteiger partial charge in [-0.15, -0.1) is 0 Å². The smallest absolute Gasteiger partial charge is 0.220 e. The molecule has 0 bridgehead atoms. The second kappa shape index (κ2) is 9.89. The number of methoxy groups -OCH3 is 1. The third-order valence-corrected chi connectivity index (χ3v) is 1.98. The third-order valence-electron chi connectivity index (χ3n) is 1.98. The Kier molecular flexibility index (Phi) is 9.46. The maximum Gasteiger partial charge on any atom is 0.220 e. The van der Waals surface area contributed by atoms with Gasteiger partial charge in [-0.2, -0.15) is 0 Å². The molecule has 0 saturated heterocycles. The normalized spacial score (nSPS) is 12.5. The van der Waals surface area contributed by atoms with E-state index in [2.05, 4.69) is 5.32 Å². The molecule has 1 amide bonds. The van der Waals surface area contributed by atoms with E-state index < -0.39 is 0 Å². The van der Waals surface area contributed by atoms with Crippen LogP contribution in [-0.4, -0.2) is 50.6 Å². The number of amides is 1. The zero-order valence-electron chi connectivity index (χ0n) is 9.49. The Hall–Kier alpha value is -0.650. The molecule has 0 aliphatic rings. The third kappa shape index (κ3) is 9.65. The molecule has 15 heavy (non-hydrogen) atoms. The Morgan fingerprint density at radius 1 is 1.47 bits per heavy atom. The predicted molar refractivity (Wildman–Crippen MR) is 56.6 cm³/mol. The van der Waals surface area contributed by atoms with Gasteiger partial charge in [0.15, 0.2) is 0 Å². The van der Waals surface area contributed by atoms with Crippen LogP contribution in [0.4, 0.5) is 0 Å². The molecule has 0 aromatic rings. The van der Waals surface area contributed by atoms with E-state index >= 15 is 0 Å². The molecule has 0 saturated carbocycles. The summed E-state index contributed by atoms with van der Waals surface area (Å²) in [4.78, 5) is 11.2.